The molecule has 0 bridgehead atoms. The molecule has 1 saturated heterocycles. The van der Waals surface area contributed by atoms with Crippen LogP contribution in [0.25, 0.3) is 10.9 Å². The molecule has 2 heterocycles. The molecule has 1 N–H and O–H groups in total. The number of rotatable bonds is 4. The van der Waals surface area contributed by atoms with E-state index in [1.54, 1.807) is 0 Å². The molecule has 1 aliphatic heterocycles. The molecule has 2 atom stereocenters. The first-order valence-electron chi connectivity index (χ1n) is 9.98. The third kappa shape index (κ3) is 5.06. The lowest BCUT2D eigenvalue weighted by atomic mass is 9.89. The third-order valence-electron chi connectivity index (χ3n) is 5.46. The van der Waals surface area contributed by atoms with Crippen LogP contribution in [0.2, 0.25) is 0 Å². The van der Waals surface area contributed by atoms with Crippen molar-refractivity contribution in [2.75, 3.05) is 13.1 Å². The second-order valence-electron chi connectivity index (χ2n) is 7.52. The van der Waals surface area contributed by atoms with E-state index in [0.717, 1.165) is 60.3 Å². The summed E-state index contributed by atoms with van der Waals surface area (Å²) in [6, 6.07) is 20.3. The number of hydrogen-bond acceptors (Lipinski definition) is 4. The van der Waals surface area contributed by atoms with Crippen LogP contribution in [-0.4, -0.2) is 18.1 Å². The van der Waals surface area contributed by atoms with Crippen LogP contribution in [0.5, 0.6) is 5.75 Å². The lowest BCUT2D eigenvalue weighted by molar-refractivity contribution is 0.126. The minimum Gasteiger partial charge on any atom is -0.485 e. The van der Waals surface area contributed by atoms with E-state index in [-0.39, 0.29) is 18.5 Å². The summed E-state index contributed by atoms with van der Waals surface area (Å²) in [5.74, 6) is 1.24. The average Bonchev–Trinajstić information content (AvgIpc) is 3.01. The van der Waals surface area contributed by atoms with E-state index in [1.165, 1.54) is 0 Å². The number of halogens is 1. The quantitative estimate of drug-likeness (QED) is 0.633. The van der Waals surface area contributed by atoms with Crippen molar-refractivity contribution in [3.8, 4) is 11.8 Å². The van der Waals surface area contributed by atoms with Gasteiger partial charge in [0.1, 0.15) is 11.9 Å². The standard InChI is InChI=1S/C24H25N3O.ClH/c1-17-7-8-19-9-10-22(15-23(19)27-17)28-24(20-6-3-12-26-13-11-20)21-5-2-4-18(14-21)16-25;/h2,4-5,7-10,14-15,20,24,26H,3,6,11-13H2,1H3;1H. The number of benzene rings is 2. The highest BCUT2D eigenvalue weighted by atomic mass is 35.5. The Hall–Kier alpha value is -2.61. The second kappa shape index (κ2) is 9.73. The van der Waals surface area contributed by atoms with Crippen LogP contribution in [-0.2, 0) is 0 Å². The van der Waals surface area contributed by atoms with Crippen molar-refractivity contribution in [1.29, 1.82) is 5.26 Å². The highest BCUT2D eigenvalue weighted by Gasteiger charge is 2.26. The maximum Gasteiger partial charge on any atom is 0.127 e. The highest BCUT2D eigenvalue weighted by Crippen LogP contribution is 2.35. The largest absolute Gasteiger partial charge is 0.485 e. The summed E-state index contributed by atoms with van der Waals surface area (Å²) in [7, 11) is 0. The Bertz CT molecular complexity index is 1010. The first-order valence-corrected chi connectivity index (χ1v) is 9.98. The van der Waals surface area contributed by atoms with Crippen LogP contribution in [0.3, 0.4) is 0 Å². The maximum absolute atomic E-state index is 9.32. The fourth-order valence-electron chi connectivity index (χ4n) is 3.99. The molecule has 0 amide bonds. The topological polar surface area (TPSA) is 57.9 Å². The molecule has 0 radical (unpaired) electrons. The molecule has 0 saturated carbocycles. The number of aromatic nitrogens is 1. The summed E-state index contributed by atoms with van der Waals surface area (Å²) in [5.41, 5.74) is 3.69. The van der Waals surface area contributed by atoms with Gasteiger partial charge < -0.3 is 10.1 Å². The van der Waals surface area contributed by atoms with Crippen molar-refractivity contribution in [1.82, 2.24) is 10.3 Å². The van der Waals surface area contributed by atoms with Gasteiger partial charge in [-0.3, -0.25) is 4.98 Å². The van der Waals surface area contributed by atoms with E-state index >= 15 is 0 Å². The first kappa shape index (κ1) is 21.1. The Morgan fingerprint density at radius 3 is 2.83 bits per heavy atom. The van der Waals surface area contributed by atoms with E-state index in [0.29, 0.717) is 11.5 Å². The molecular weight excluding hydrogens is 382 g/mol. The van der Waals surface area contributed by atoms with Gasteiger partial charge in [0.2, 0.25) is 0 Å². The zero-order valence-electron chi connectivity index (χ0n) is 16.6. The van der Waals surface area contributed by atoms with E-state index in [1.807, 2.05) is 43.3 Å². The van der Waals surface area contributed by atoms with Crippen molar-refractivity contribution in [2.24, 2.45) is 5.92 Å². The van der Waals surface area contributed by atoms with Gasteiger partial charge in [0.05, 0.1) is 17.1 Å². The molecule has 1 aromatic heterocycles. The molecule has 1 aliphatic rings. The summed E-state index contributed by atoms with van der Waals surface area (Å²) in [6.07, 6.45) is 3.24. The zero-order chi connectivity index (χ0) is 19.3. The van der Waals surface area contributed by atoms with Gasteiger partial charge in [-0.25, -0.2) is 0 Å². The number of nitrogens with zero attached hydrogens (tertiary/aromatic N) is 2. The lowest BCUT2D eigenvalue weighted by Crippen LogP contribution is -2.21. The van der Waals surface area contributed by atoms with Crippen LogP contribution < -0.4 is 10.1 Å². The average molecular weight is 408 g/mol. The minimum atomic E-state index is -0.0736. The van der Waals surface area contributed by atoms with Crippen molar-refractivity contribution < 1.29 is 4.74 Å². The summed E-state index contributed by atoms with van der Waals surface area (Å²) < 4.78 is 6.57. The van der Waals surface area contributed by atoms with Crippen molar-refractivity contribution in [3.05, 3.63) is 71.4 Å². The minimum absolute atomic E-state index is 0. The van der Waals surface area contributed by atoms with E-state index < -0.39 is 0 Å². The molecule has 29 heavy (non-hydrogen) atoms. The van der Waals surface area contributed by atoms with Crippen LogP contribution in [0.1, 0.15) is 42.2 Å². The first-order chi connectivity index (χ1) is 13.7. The van der Waals surface area contributed by atoms with Crippen LogP contribution in [0, 0.1) is 24.2 Å². The summed E-state index contributed by atoms with van der Waals surface area (Å²) in [5, 5.41) is 13.9. The molecule has 3 aromatic rings. The molecule has 4 nitrogen and oxygen atoms in total. The van der Waals surface area contributed by atoms with E-state index in [4.69, 9.17) is 4.74 Å². The van der Waals surface area contributed by atoms with Crippen molar-refractivity contribution in [2.45, 2.75) is 32.3 Å². The SMILES string of the molecule is Cc1ccc2ccc(OC(c3cccc(C#N)c3)C3CCCNCC3)cc2n1.Cl. The van der Waals surface area contributed by atoms with Gasteiger partial charge in [-0.1, -0.05) is 18.2 Å². The molecule has 4 rings (SSSR count). The van der Waals surface area contributed by atoms with Gasteiger partial charge in [0.25, 0.3) is 0 Å². The number of nitriles is 1. The van der Waals surface area contributed by atoms with Gasteiger partial charge in [-0.15, -0.1) is 12.4 Å². The molecule has 2 aromatic carbocycles. The fraction of sp³-hybridized carbons (Fsp3) is 0.333. The molecule has 2 unspecified atom stereocenters. The van der Waals surface area contributed by atoms with E-state index in [2.05, 4.69) is 34.6 Å². The molecule has 1 fully saturated rings. The Morgan fingerprint density at radius 1 is 1.10 bits per heavy atom. The number of aryl methyl sites for hydroxylation is 1. The highest BCUT2D eigenvalue weighted by molar-refractivity contribution is 5.85. The Balaban J connectivity index is 0.00000240. The number of hydrogen-bond donors (Lipinski definition) is 1. The van der Waals surface area contributed by atoms with Gasteiger partial charge >= 0.3 is 0 Å². The molecule has 0 aliphatic carbocycles. The second-order valence-corrected chi connectivity index (χ2v) is 7.52. The summed E-state index contributed by atoms with van der Waals surface area (Å²) in [6.45, 7) is 4.06. The summed E-state index contributed by atoms with van der Waals surface area (Å²) in [4.78, 5) is 4.64. The predicted molar refractivity (Wildman–Crippen MR) is 118 cm³/mol. The predicted octanol–water partition coefficient (Wildman–Crippen LogP) is 5.35. The third-order valence-corrected chi connectivity index (χ3v) is 5.46. The number of ether oxygens (including phenoxy) is 1. The summed E-state index contributed by atoms with van der Waals surface area (Å²) >= 11 is 0. The zero-order valence-corrected chi connectivity index (χ0v) is 17.4. The van der Waals surface area contributed by atoms with Gasteiger partial charge in [-0.2, -0.15) is 5.26 Å². The van der Waals surface area contributed by atoms with Crippen LogP contribution in [0.15, 0.2) is 54.6 Å². The van der Waals surface area contributed by atoms with Crippen LogP contribution in [0.4, 0.5) is 0 Å². The molecular formula is C24H26ClN3O. The van der Waals surface area contributed by atoms with Gasteiger partial charge in [0, 0.05) is 23.1 Å². The van der Waals surface area contributed by atoms with Gasteiger partial charge in [-0.05, 0) is 75.2 Å². The molecule has 0 spiro atoms. The molecule has 5 heteroatoms. The Labute approximate surface area is 178 Å². The molecule has 150 valence electrons. The maximum atomic E-state index is 9.32. The monoisotopic (exact) mass is 407 g/mol. The van der Waals surface area contributed by atoms with Crippen LogP contribution >= 0.6 is 12.4 Å². The van der Waals surface area contributed by atoms with Crippen molar-refractivity contribution in [3.63, 3.8) is 0 Å². The van der Waals surface area contributed by atoms with Crippen molar-refractivity contribution >= 4 is 23.3 Å². The Kier molecular flexibility index (Phi) is 7.09. The smallest absolute Gasteiger partial charge is 0.127 e. The fourth-order valence-corrected chi connectivity index (χ4v) is 3.99. The van der Waals surface area contributed by atoms with E-state index in [9.17, 15) is 5.26 Å². The normalized spacial score (nSPS) is 17.6. The number of pyridine rings is 1. The lowest BCUT2D eigenvalue weighted by Gasteiger charge is -2.28. The number of nitrogens with one attached hydrogen (secondary N) is 1. The Morgan fingerprint density at radius 2 is 1.97 bits per heavy atom. The number of fused-ring (bicyclic) bond motifs is 1. The van der Waals surface area contributed by atoms with Gasteiger partial charge in [0.15, 0.2) is 0 Å².